The number of rotatable bonds is 5. The van der Waals surface area contributed by atoms with Crippen molar-refractivity contribution in [1.82, 2.24) is 25.2 Å². The van der Waals surface area contributed by atoms with Gasteiger partial charge in [0.05, 0.1) is 16.9 Å². The fourth-order valence-electron chi connectivity index (χ4n) is 2.36. The summed E-state index contributed by atoms with van der Waals surface area (Å²) in [5.41, 5.74) is 2.88. The SMILES string of the molecule is O=C(OCc1csc(-c2ccccc2)n1)c1cccc(-n2cnnn2)c1. The van der Waals surface area contributed by atoms with E-state index in [-0.39, 0.29) is 6.61 Å². The van der Waals surface area contributed by atoms with E-state index in [9.17, 15) is 4.79 Å². The lowest BCUT2D eigenvalue weighted by atomic mass is 10.2. The van der Waals surface area contributed by atoms with Crippen molar-refractivity contribution in [3.05, 3.63) is 77.6 Å². The summed E-state index contributed by atoms with van der Waals surface area (Å²) in [5.74, 6) is -0.422. The average Bonchev–Trinajstić information content (AvgIpc) is 3.39. The summed E-state index contributed by atoms with van der Waals surface area (Å²) in [6.07, 6.45) is 1.46. The highest BCUT2D eigenvalue weighted by atomic mass is 32.1. The zero-order valence-electron chi connectivity index (χ0n) is 13.5. The van der Waals surface area contributed by atoms with Crippen LogP contribution in [0, 0.1) is 0 Å². The van der Waals surface area contributed by atoms with Gasteiger partial charge in [-0.3, -0.25) is 0 Å². The zero-order chi connectivity index (χ0) is 17.8. The van der Waals surface area contributed by atoms with E-state index >= 15 is 0 Å². The minimum Gasteiger partial charge on any atom is -0.456 e. The molecule has 0 saturated carbocycles. The minimum absolute atomic E-state index is 0.122. The molecule has 0 atom stereocenters. The second-order valence-corrected chi connectivity index (χ2v) is 6.25. The number of hydrogen-bond donors (Lipinski definition) is 0. The van der Waals surface area contributed by atoms with Crippen LogP contribution in [0.5, 0.6) is 0 Å². The number of hydrogen-bond acceptors (Lipinski definition) is 7. The first kappa shape index (κ1) is 16.1. The summed E-state index contributed by atoms with van der Waals surface area (Å²) < 4.78 is 6.86. The number of carbonyl (C=O) groups is 1. The van der Waals surface area contributed by atoms with Gasteiger partial charge in [-0.1, -0.05) is 36.4 Å². The third kappa shape index (κ3) is 3.50. The van der Waals surface area contributed by atoms with Gasteiger partial charge in [-0.25, -0.2) is 14.5 Å². The number of ether oxygens (including phenoxy) is 1. The Balaban J connectivity index is 1.43. The van der Waals surface area contributed by atoms with Crippen molar-refractivity contribution >= 4 is 17.3 Å². The zero-order valence-corrected chi connectivity index (χ0v) is 14.3. The molecule has 2 heterocycles. The predicted octanol–water partition coefficient (Wildman–Crippen LogP) is 3.14. The van der Waals surface area contributed by atoms with Crippen molar-refractivity contribution in [2.75, 3.05) is 0 Å². The highest BCUT2D eigenvalue weighted by molar-refractivity contribution is 7.13. The molecule has 0 aliphatic heterocycles. The van der Waals surface area contributed by atoms with Gasteiger partial charge in [0.25, 0.3) is 0 Å². The van der Waals surface area contributed by atoms with Crippen molar-refractivity contribution in [2.45, 2.75) is 6.61 Å². The normalized spacial score (nSPS) is 10.6. The fraction of sp³-hybridized carbons (Fsp3) is 0.0556. The van der Waals surface area contributed by atoms with Gasteiger partial charge in [-0.15, -0.1) is 16.4 Å². The van der Waals surface area contributed by atoms with E-state index in [1.165, 1.54) is 22.3 Å². The highest BCUT2D eigenvalue weighted by Gasteiger charge is 2.11. The summed E-state index contributed by atoms with van der Waals surface area (Å²) in [6, 6.07) is 16.8. The molecule has 128 valence electrons. The minimum atomic E-state index is -0.422. The Kier molecular flexibility index (Phi) is 4.48. The maximum Gasteiger partial charge on any atom is 0.338 e. The first-order chi connectivity index (χ1) is 12.8. The largest absolute Gasteiger partial charge is 0.456 e. The molecular formula is C18H13N5O2S. The Morgan fingerprint density at radius 1 is 1.12 bits per heavy atom. The number of tetrazole rings is 1. The van der Waals surface area contributed by atoms with Gasteiger partial charge in [0.1, 0.15) is 17.9 Å². The average molecular weight is 363 g/mol. The van der Waals surface area contributed by atoms with Crippen LogP contribution in [0.3, 0.4) is 0 Å². The third-order valence-corrected chi connectivity index (χ3v) is 4.56. The first-order valence-corrected chi connectivity index (χ1v) is 8.68. The van der Waals surface area contributed by atoms with Gasteiger partial charge in [-0.2, -0.15) is 0 Å². The molecule has 2 aromatic carbocycles. The fourth-order valence-corrected chi connectivity index (χ4v) is 3.17. The predicted molar refractivity (Wildman–Crippen MR) is 95.8 cm³/mol. The second kappa shape index (κ2) is 7.24. The van der Waals surface area contributed by atoms with Crippen LogP contribution in [0.1, 0.15) is 16.1 Å². The topological polar surface area (TPSA) is 82.8 Å². The van der Waals surface area contributed by atoms with Crippen molar-refractivity contribution < 1.29 is 9.53 Å². The number of nitrogens with zero attached hydrogens (tertiary/aromatic N) is 5. The molecule has 0 spiro atoms. The monoisotopic (exact) mass is 363 g/mol. The Bertz CT molecular complexity index is 1020. The molecule has 7 nitrogen and oxygen atoms in total. The van der Waals surface area contributed by atoms with Crippen LogP contribution < -0.4 is 0 Å². The first-order valence-electron chi connectivity index (χ1n) is 7.80. The van der Waals surface area contributed by atoms with Crippen LogP contribution in [-0.2, 0) is 11.3 Å². The Morgan fingerprint density at radius 3 is 2.81 bits per heavy atom. The molecule has 0 bridgehead atoms. The van der Waals surface area contributed by atoms with Crippen LogP contribution >= 0.6 is 11.3 Å². The number of esters is 1. The third-order valence-electron chi connectivity index (χ3n) is 3.62. The maximum atomic E-state index is 12.3. The summed E-state index contributed by atoms with van der Waals surface area (Å²) in [5, 5.41) is 13.8. The van der Waals surface area contributed by atoms with Crippen LogP contribution in [0.4, 0.5) is 0 Å². The van der Waals surface area contributed by atoms with Crippen LogP contribution in [0.15, 0.2) is 66.3 Å². The molecule has 0 N–H and O–H groups in total. The highest BCUT2D eigenvalue weighted by Crippen LogP contribution is 2.23. The quantitative estimate of drug-likeness (QED) is 0.507. The van der Waals surface area contributed by atoms with Gasteiger partial charge in [0.15, 0.2) is 0 Å². The molecule has 0 aliphatic rings. The van der Waals surface area contributed by atoms with Gasteiger partial charge >= 0.3 is 5.97 Å². The molecular weight excluding hydrogens is 350 g/mol. The molecule has 26 heavy (non-hydrogen) atoms. The smallest absolute Gasteiger partial charge is 0.338 e. The van der Waals surface area contributed by atoms with E-state index in [1.54, 1.807) is 24.3 Å². The molecule has 0 unspecified atom stereocenters. The maximum absolute atomic E-state index is 12.3. The van der Waals surface area contributed by atoms with Crippen molar-refractivity contribution in [3.63, 3.8) is 0 Å². The lowest BCUT2D eigenvalue weighted by molar-refractivity contribution is 0.0468. The molecule has 0 saturated heterocycles. The molecule has 8 heteroatoms. The van der Waals surface area contributed by atoms with Crippen LogP contribution in [0.2, 0.25) is 0 Å². The number of thiazole rings is 1. The lowest BCUT2D eigenvalue weighted by Gasteiger charge is -2.05. The Hall–Kier alpha value is -3.39. The van der Waals surface area contributed by atoms with Crippen molar-refractivity contribution in [3.8, 4) is 16.3 Å². The van der Waals surface area contributed by atoms with Gasteiger partial charge < -0.3 is 4.74 Å². The molecule has 0 fully saturated rings. The molecule has 0 amide bonds. The van der Waals surface area contributed by atoms with E-state index < -0.39 is 5.97 Å². The molecule has 4 aromatic rings. The number of carbonyl (C=O) groups excluding carboxylic acids is 1. The van der Waals surface area contributed by atoms with Crippen molar-refractivity contribution in [2.24, 2.45) is 0 Å². The summed E-state index contributed by atoms with van der Waals surface area (Å²) >= 11 is 1.52. The summed E-state index contributed by atoms with van der Waals surface area (Å²) in [4.78, 5) is 16.8. The van der Waals surface area contributed by atoms with Crippen LogP contribution in [-0.4, -0.2) is 31.2 Å². The van der Waals surface area contributed by atoms with Gasteiger partial charge in [-0.05, 0) is 28.6 Å². The summed E-state index contributed by atoms with van der Waals surface area (Å²) in [7, 11) is 0. The molecule has 4 rings (SSSR count). The van der Waals surface area contributed by atoms with E-state index in [2.05, 4.69) is 20.5 Å². The Labute approximate surface area is 152 Å². The van der Waals surface area contributed by atoms with E-state index in [0.29, 0.717) is 11.3 Å². The van der Waals surface area contributed by atoms with E-state index in [4.69, 9.17) is 4.74 Å². The van der Waals surface area contributed by atoms with E-state index in [0.717, 1.165) is 16.3 Å². The van der Waals surface area contributed by atoms with Gasteiger partial charge in [0.2, 0.25) is 0 Å². The van der Waals surface area contributed by atoms with E-state index in [1.807, 2.05) is 35.7 Å². The Morgan fingerprint density at radius 2 is 2.00 bits per heavy atom. The molecule has 0 radical (unpaired) electrons. The summed E-state index contributed by atoms with van der Waals surface area (Å²) in [6.45, 7) is 0.122. The molecule has 0 aliphatic carbocycles. The second-order valence-electron chi connectivity index (χ2n) is 5.39. The number of benzene rings is 2. The number of aromatic nitrogens is 5. The lowest BCUT2D eigenvalue weighted by Crippen LogP contribution is -2.06. The standard InChI is InChI=1S/C18H13N5O2S/c24-18(14-7-4-8-16(9-14)23-12-19-21-22-23)25-10-15-11-26-17(20-15)13-5-2-1-3-6-13/h1-9,11-12H,10H2. The molecule has 2 aromatic heterocycles. The van der Waals surface area contributed by atoms with Crippen molar-refractivity contribution in [1.29, 1.82) is 0 Å². The van der Waals surface area contributed by atoms with Crippen LogP contribution in [0.25, 0.3) is 16.3 Å². The van der Waals surface area contributed by atoms with Gasteiger partial charge in [0, 0.05) is 10.9 Å².